The van der Waals surface area contributed by atoms with Crippen molar-refractivity contribution in [2.75, 3.05) is 7.11 Å². The molecule has 0 saturated carbocycles. The molecule has 0 fully saturated rings. The van der Waals surface area contributed by atoms with E-state index in [1.54, 1.807) is 12.5 Å². The van der Waals surface area contributed by atoms with Gasteiger partial charge in [-0.25, -0.2) is 9.78 Å². The van der Waals surface area contributed by atoms with Gasteiger partial charge in [0, 0.05) is 7.05 Å². The number of aryl methyl sites for hydroxylation is 1. The van der Waals surface area contributed by atoms with Crippen molar-refractivity contribution in [1.29, 1.82) is 0 Å². The Morgan fingerprint density at radius 2 is 2.25 bits per heavy atom. The van der Waals surface area contributed by atoms with Crippen LogP contribution in [0.2, 0.25) is 5.02 Å². The second-order valence-electron chi connectivity index (χ2n) is 4.08. The average Bonchev–Trinajstić information content (AvgIpc) is 2.82. The fraction of sp³-hybridized carbons (Fsp3) is 0.231. The van der Waals surface area contributed by atoms with E-state index in [1.165, 1.54) is 19.2 Å². The van der Waals surface area contributed by atoms with Gasteiger partial charge in [0.2, 0.25) is 0 Å². The lowest BCUT2D eigenvalue weighted by molar-refractivity contribution is 0.0696. The topological polar surface area (TPSA) is 73.6 Å². The molecule has 0 atom stereocenters. The van der Waals surface area contributed by atoms with Crippen molar-refractivity contribution < 1.29 is 19.4 Å². The number of hydrogen-bond acceptors (Lipinski definition) is 4. The molecule has 2 rings (SSSR count). The van der Waals surface area contributed by atoms with E-state index in [4.69, 9.17) is 26.2 Å². The Morgan fingerprint density at radius 1 is 1.50 bits per heavy atom. The number of hydrogen-bond donors (Lipinski definition) is 1. The summed E-state index contributed by atoms with van der Waals surface area (Å²) in [5.74, 6) is -0.499. The Balaban J connectivity index is 2.27. The highest BCUT2D eigenvalue weighted by Gasteiger charge is 2.15. The summed E-state index contributed by atoms with van der Waals surface area (Å²) in [6.45, 7) is 0.249. The molecule has 0 spiro atoms. The molecule has 0 amide bonds. The van der Waals surface area contributed by atoms with Gasteiger partial charge in [-0.3, -0.25) is 0 Å². The Bertz CT molecular complexity index is 639. The number of halogens is 1. The molecule has 1 aromatic carbocycles. The van der Waals surface area contributed by atoms with Crippen LogP contribution in [0.5, 0.6) is 11.5 Å². The van der Waals surface area contributed by atoms with Gasteiger partial charge in [0.1, 0.15) is 6.61 Å². The van der Waals surface area contributed by atoms with Gasteiger partial charge in [-0.2, -0.15) is 0 Å². The zero-order valence-electron chi connectivity index (χ0n) is 11.0. The van der Waals surface area contributed by atoms with Crippen LogP contribution in [0.3, 0.4) is 0 Å². The minimum absolute atomic E-state index is 0.0414. The molecule has 0 unspecified atom stereocenters. The van der Waals surface area contributed by atoms with Gasteiger partial charge in [-0.15, -0.1) is 0 Å². The van der Waals surface area contributed by atoms with E-state index in [0.717, 1.165) is 5.69 Å². The molecule has 0 radical (unpaired) electrons. The maximum atomic E-state index is 11.0. The van der Waals surface area contributed by atoms with E-state index in [9.17, 15) is 4.79 Å². The summed E-state index contributed by atoms with van der Waals surface area (Å²) >= 11 is 6.05. The second kappa shape index (κ2) is 5.83. The maximum Gasteiger partial charge on any atom is 0.335 e. The van der Waals surface area contributed by atoms with Crippen molar-refractivity contribution >= 4 is 17.6 Å². The summed E-state index contributed by atoms with van der Waals surface area (Å²) in [5.41, 5.74) is 0.894. The predicted molar refractivity (Wildman–Crippen MR) is 72.5 cm³/mol. The van der Waals surface area contributed by atoms with Crippen LogP contribution in [0.15, 0.2) is 24.7 Å². The first kappa shape index (κ1) is 14.2. The first-order chi connectivity index (χ1) is 9.52. The van der Waals surface area contributed by atoms with Gasteiger partial charge in [-0.05, 0) is 12.1 Å². The Hall–Kier alpha value is -2.21. The van der Waals surface area contributed by atoms with Crippen molar-refractivity contribution in [1.82, 2.24) is 9.55 Å². The van der Waals surface area contributed by atoms with Crippen LogP contribution in [-0.4, -0.2) is 27.7 Å². The van der Waals surface area contributed by atoms with Gasteiger partial charge in [-0.1, -0.05) is 11.6 Å². The van der Waals surface area contributed by atoms with Crippen molar-refractivity contribution in [2.45, 2.75) is 6.61 Å². The van der Waals surface area contributed by atoms with Crippen molar-refractivity contribution in [3.63, 3.8) is 0 Å². The van der Waals surface area contributed by atoms with Crippen LogP contribution in [0, 0.1) is 0 Å². The largest absolute Gasteiger partial charge is 0.493 e. The highest BCUT2D eigenvalue weighted by atomic mass is 35.5. The van der Waals surface area contributed by atoms with Crippen LogP contribution in [0.1, 0.15) is 16.1 Å². The van der Waals surface area contributed by atoms with Crippen molar-refractivity contribution in [3.05, 3.63) is 40.9 Å². The molecule has 0 aliphatic rings. The molecule has 20 heavy (non-hydrogen) atoms. The number of rotatable bonds is 5. The minimum atomic E-state index is -1.08. The summed E-state index contributed by atoms with van der Waals surface area (Å²) in [7, 11) is 3.27. The number of carboxylic acid groups (broad SMARTS) is 1. The summed E-state index contributed by atoms with van der Waals surface area (Å²) < 4.78 is 12.5. The highest BCUT2D eigenvalue weighted by Crippen LogP contribution is 2.36. The number of aromatic nitrogens is 2. The molecule has 1 N–H and O–H groups in total. The molecule has 0 saturated heterocycles. The fourth-order valence-corrected chi connectivity index (χ4v) is 1.92. The first-order valence-corrected chi connectivity index (χ1v) is 6.09. The third-order valence-corrected chi connectivity index (χ3v) is 3.04. The number of nitrogens with zero attached hydrogens (tertiary/aromatic N) is 2. The Labute approximate surface area is 120 Å². The van der Waals surface area contributed by atoms with Gasteiger partial charge in [0.15, 0.2) is 11.5 Å². The van der Waals surface area contributed by atoms with Crippen molar-refractivity contribution in [3.8, 4) is 11.5 Å². The summed E-state index contributed by atoms with van der Waals surface area (Å²) in [6.07, 6.45) is 3.33. The third kappa shape index (κ3) is 2.85. The van der Waals surface area contributed by atoms with E-state index >= 15 is 0 Å². The van der Waals surface area contributed by atoms with E-state index in [-0.39, 0.29) is 22.9 Å². The molecular weight excluding hydrogens is 284 g/mol. The summed E-state index contributed by atoms with van der Waals surface area (Å²) in [6, 6.07) is 2.69. The number of carbonyl (C=O) groups is 1. The Kier molecular flexibility index (Phi) is 4.14. The van der Waals surface area contributed by atoms with Crippen LogP contribution in [-0.2, 0) is 13.7 Å². The van der Waals surface area contributed by atoms with E-state index in [1.807, 2.05) is 11.6 Å². The van der Waals surface area contributed by atoms with Crippen LogP contribution < -0.4 is 9.47 Å². The predicted octanol–water partition coefficient (Wildman–Crippen LogP) is 2.36. The molecular formula is C13H13ClN2O4. The summed E-state index contributed by atoms with van der Waals surface area (Å²) in [4.78, 5) is 14.9. The minimum Gasteiger partial charge on any atom is -0.493 e. The maximum absolute atomic E-state index is 11.0. The number of benzene rings is 1. The van der Waals surface area contributed by atoms with Gasteiger partial charge in [0.05, 0.1) is 35.9 Å². The normalized spacial score (nSPS) is 10.3. The monoisotopic (exact) mass is 296 g/mol. The standard InChI is InChI=1S/C13H13ClN2O4/c1-16-7-15-5-9(16)6-20-12-10(14)3-8(13(17)18)4-11(12)19-2/h3-5,7H,6H2,1-2H3,(H,17,18). The number of methoxy groups -OCH3 is 1. The SMILES string of the molecule is COc1cc(C(=O)O)cc(Cl)c1OCc1cncn1C. The van der Waals surface area contributed by atoms with E-state index in [2.05, 4.69) is 4.98 Å². The van der Waals surface area contributed by atoms with Crippen LogP contribution in [0.4, 0.5) is 0 Å². The molecule has 0 aliphatic carbocycles. The molecule has 106 valence electrons. The number of imidazole rings is 1. The van der Waals surface area contributed by atoms with Crippen LogP contribution in [0.25, 0.3) is 0 Å². The summed E-state index contributed by atoms with van der Waals surface area (Å²) in [5, 5.41) is 9.15. The third-order valence-electron chi connectivity index (χ3n) is 2.76. The lowest BCUT2D eigenvalue weighted by Crippen LogP contribution is -2.04. The zero-order chi connectivity index (χ0) is 14.7. The van der Waals surface area contributed by atoms with Gasteiger partial charge < -0.3 is 19.1 Å². The molecule has 0 aliphatic heterocycles. The molecule has 1 aromatic heterocycles. The molecule has 2 aromatic rings. The number of ether oxygens (including phenoxy) is 2. The van der Waals surface area contributed by atoms with E-state index < -0.39 is 5.97 Å². The lowest BCUT2D eigenvalue weighted by Gasteiger charge is -2.13. The van der Waals surface area contributed by atoms with E-state index in [0.29, 0.717) is 5.75 Å². The second-order valence-corrected chi connectivity index (χ2v) is 4.49. The molecule has 6 nitrogen and oxygen atoms in total. The number of carboxylic acids is 1. The lowest BCUT2D eigenvalue weighted by atomic mass is 10.2. The van der Waals surface area contributed by atoms with Gasteiger partial charge in [0.25, 0.3) is 0 Å². The zero-order valence-corrected chi connectivity index (χ0v) is 11.7. The smallest absolute Gasteiger partial charge is 0.335 e. The average molecular weight is 297 g/mol. The molecule has 1 heterocycles. The quantitative estimate of drug-likeness (QED) is 0.917. The Morgan fingerprint density at radius 3 is 2.80 bits per heavy atom. The van der Waals surface area contributed by atoms with Gasteiger partial charge >= 0.3 is 5.97 Å². The van der Waals surface area contributed by atoms with Crippen LogP contribution >= 0.6 is 11.6 Å². The fourth-order valence-electron chi connectivity index (χ4n) is 1.65. The van der Waals surface area contributed by atoms with Crippen molar-refractivity contribution in [2.24, 2.45) is 7.05 Å². The molecule has 7 heteroatoms. The first-order valence-electron chi connectivity index (χ1n) is 5.71. The molecule has 0 bridgehead atoms. The number of aromatic carboxylic acids is 1. The highest BCUT2D eigenvalue weighted by molar-refractivity contribution is 6.32.